The largest absolute Gasteiger partial charge is 0.467 e. The van der Waals surface area contributed by atoms with Crippen molar-refractivity contribution < 1.29 is 23.9 Å². The van der Waals surface area contributed by atoms with Gasteiger partial charge in [0, 0.05) is 6.42 Å². The highest BCUT2D eigenvalue weighted by Crippen LogP contribution is 2.22. The third-order valence-electron chi connectivity index (χ3n) is 4.23. The molecule has 146 valence electrons. The van der Waals surface area contributed by atoms with Gasteiger partial charge in [0.1, 0.15) is 6.04 Å². The van der Waals surface area contributed by atoms with Crippen LogP contribution < -0.4 is 5.32 Å². The molecule has 2 aromatic rings. The number of para-hydroxylation sites is 1. The molecule has 1 N–H and O–H groups in total. The van der Waals surface area contributed by atoms with Crippen LogP contribution in [0.15, 0.2) is 24.3 Å². The molecule has 0 spiro atoms. The zero-order chi connectivity index (χ0) is 19.8. The molecule has 27 heavy (non-hydrogen) atoms. The van der Waals surface area contributed by atoms with Gasteiger partial charge in [-0.1, -0.05) is 32.4 Å². The van der Waals surface area contributed by atoms with E-state index >= 15 is 0 Å². The standard InChI is InChI=1S/C19H24N2O5S/c1-4-12(2)18(19(24)25-3)21-15(22)11-26-17(23)10-9-16-20-13-7-5-6-8-14(13)27-16/h5-8,12,18H,4,9-11H2,1-3H3,(H,21,22)/t12-,18-/m0/s1. The number of esters is 2. The molecule has 0 bridgehead atoms. The van der Waals surface area contributed by atoms with E-state index in [-0.39, 0.29) is 12.3 Å². The first-order valence-electron chi connectivity index (χ1n) is 8.81. The molecule has 0 aliphatic carbocycles. The summed E-state index contributed by atoms with van der Waals surface area (Å²) in [4.78, 5) is 40.1. The monoisotopic (exact) mass is 392 g/mol. The minimum absolute atomic E-state index is 0.0869. The van der Waals surface area contributed by atoms with Crippen LogP contribution in [0.3, 0.4) is 0 Å². The first kappa shape index (κ1) is 20.8. The van der Waals surface area contributed by atoms with Gasteiger partial charge in [-0.15, -0.1) is 11.3 Å². The summed E-state index contributed by atoms with van der Waals surface area (Å²) in [6.07, 6.45) is 1.29. The Morgan fingerprint density at radius 3 is 2.67 bits per heavy atom. The average Bonchev–Trinajstić information content (AvgIpc) is 3.10. The number of aryl methyl sites for hydroxylation is 1. The number of aromatic nitrogens is 1. The second kappa shape index (κ2) is 10.0. The Labute approximate surface area is 162 Å². The highest BCUT2D eigenvalue weighted by molar-refractivity contribution is 7.18. The quantitative estimate of drug-likeness (QED) is 0.659. The van der Waals surface area contributed by atoms with E-state index in [1.807, 2.05) is 38.1 Å². The topological polar surface area (TPSA) is 94.6 Å². The molecule has 1 aromatic heterocycles. The molecule has 1 aromatic carbocycles. The SMILES string of the molecule is CC[C@H](C)[C@H](NC(=O)COC(=O)CCc1nc2ccccc2s1)C(=O)OC. The van der Waals surface area contributed by atoms with Gasteiger partial charge in [-0.05, 0) is 18.1 Å². The first-order chi connectivity index (χ1) is 12.9. The molecule has 0 aliphatic rings. The molecule has 0 aliphatic heterocycles. The van der Waals surface area contributed by atoms with Gasteiger partial charge < -0.3 is 14.8 Å². The molecule has 0 radical (unpaired) electrons. The summed E-state index contributed by atoms with van der Waals surface area (Å²) in [6, 6.07) is 7.01. The van der Waals surface area contributed by atoms with Gasteiger partial charge in [-0.2, -0.15) is 0 Å². The van der Waals surface area contributed by atoms with Crippen LogP contribution in [0, 0.1) is 5.92 Å². The molecule has 2 rings (SSSR count). The number of thiazole rings is 1. The lowest BCUT2D eigenvalue weighted by Gasteiger charge is -2.21. The zero-order valence-electron chi connectivity index (χ0n) is 15.7. The second-order valence-electron chi connectivity index (χ2n) is 6.19. The van der Waals surface area contributed by atoms with E-state index in [0.717, 1.165) is 15.2 Å². The molecule has 1 amide bonds. The average molecular weight is 392 g/mol. The number of methoxy groups -OCH3 is 1. The number of ether oxygens (including phenoxy) is 2. The zero-order valence-corrected chi connectivity index (χ0v) is 16.5. The van der Waals surface area contributed by atoms with Gasteiger partial charge in [-0.25, -0.2) is 9.78 Å². The predicted molar refractivity (Wildman–Crippen MR) is 102 cm³/mol. The van der Waals surface area contributed by atoms with E-state index in [1.54, 1.807) is 0 Å². The minimum Gasteiger partial charge on any atom is -0.467 e. The molecule has 0 unspecified atom stereocenters. The Balaban J connectivity index is 1.78. The van der Waals surface area contributed by atoms with E-state index < -0.39 is 30.5 Å². The molecule has 8 heteroatoms. The fourth-order valence-corrected chi connectivity index (χ4v) is 3.43. The number of rotatable bonds is 9. The van der Waals surface area contributed by atoms with Crippen LogP contribution in [0.1, 0.15) is 31.7 Å². The van der Waals surface area contributed by atoms with E-state index in [2.05, 4.69) is 10.3 Å². The summed E-state index contributed by atoms with van der Waals surface area (Å²) in [6.45, 7) is 3.32. The van der Waals surface area contributed by atoms with Gasteiger partial charge in [0.05, 0.1) is 28.8 Å². The number of fused-ring (bicyclic) bond motifs is 1. The molecular formula is C19H24N2O5S. The van der Waals surface area contributed by atoms with Crippen LogP contribution in [0.2, 0.25) is 0 Å². The maximum absolute atomic E-state index is 12.0. The number of hydrogen-bond donors (Lipinski definition) is 1. The van der Waals surface area contributed by atoms with Gasteiger partial charge in [0.25, 0.3) is 5.91 Å². The maximum Gasteiger partial charge on any atom is 0.328 e. The van der Waals surface area contributed by atoms with Gasteiger partial charge in [0.2, 0.25) is 0 Å². The third-order valence-corrected chi connectivity index (χ3v) is 5.33. The Kier molecular flexibility index (Phi) is 7.72. The summed E-state index contributed by atoms with van der Waals surface area (Å²) < 4.78 is 10.8. The number of amides is 1. The first-order valence-corrected chi connectivity index (χ1v) is 9.63. The van der Waals surface area contributed by atoms with Crippen LogP contribution in [0.25, 0.3) is 10.2 Å². The van der Waals surface area contributed by atoms with E-state index in [9.17, 15) is 14.4 Å². The Hall–Kier alpha value is -2.48. The van der Waals surface area contributed by atoms with Crippen molar-refractivity contribution in [3.05, 3.63) is 29.3 Å². The summed E-state index contributed by atoms with van der Waals surface area (Å²) in [5, 5.41) is 3.41. The van der Waals surface area contributed by atoms with Crippen molar-refractivity contribution in [2.24, 2.45) is 5.92 Å². The lowest BCUT2D eigenvalue weighted by Crippen LogP contribution is -2.47. The fraction of sp³-hybridized carbons (Fsp3) is 0.474. The van der Waals surface area contributed by atoms with Crippen LogP contribution in [0.5, 0.6) is 0 Å². The number of hydrogen-bond acceptors (Lipinski definition) is 7. The lowest BCUT2D eigenvalue weighted by molar-refractivity contribution is -0.151. The van der Waals surface area contributed by atoms with E-state index in [0.29, 0.717) is 12.8 Å². The van der Waals surface area contributed by atoms with E-state index in [4.69, 9.17) is 9.47 Å². The number of nitrogens with one attached hydrogen (secondary N) is 1. The van der Waals surface area contributed by atoms with Crippen LogP contribution in [-0.2, 0) is 30.3 Å². The van der Waals surface area contributed by atoms with Gasteiger partial charge in [0.15, 0.2) is 6.61 Å². The van der Waals surface area contributed by atoms with Crippen molar-refractivity contribution in [2.75, 3.05) is 13.7 Å². The number of carbonyl (C=O) groups is 3. The Morgan fingerprint density at radius 1 is 1.26 bits per heavy atom. The van der Waals surface area contributed by atoms with Gasteiger partial charge in [-0.3, -0.25) is 9.59 Å². The molecule has 0 fully saturated rings. The summed E-state index contributed by atoms with van der Waals surface area (Å²) in [5.41, 5.74) is 0.907. The van der Waals surface area contributed by atoms with Crippen molar-refractivity contribution in [1.82, 2.24) is 10.3 Å². The third kappa shape index (κ3) is 6.02. The van der Waals surface area contributed by atoms with Crippen LogP contribution in [0.4, 0.5) is 0 Å². The molecule has 0 saturated heterocycles. The molecule has 2 atom stereocenters. The number of benzene rings is 1. The fourth-order valence-electron chi connectivity index (χ4n) is 2.47. The van der Waals surface area contributed by atoms with Crippen molar-refractivity contribution in [2.45, 2.75) is 39.2 Å². The van der Waals surface area contributed by atoms with Crippen molar-refractivity contribution in [3.8, 4) is 0 Å². The highest BCUT2D eigenvalue weighted by Gasteiger charge is 2.26. The maximum atomic E-state index is 12.0. The lowest BCUT2D eigenvalue weighted by atomic mass is 9.99. The summed E-state index contributed by atoms with van der Waals surface area (Å²) in [5.74, 6) is -1.61. The molecule has 7 nitrogen and oxygen atoms in total. The molecular weight excluding hydrogens is 368 g/mol. The van der Waals surface area contributed by atoms with Crippen molar-refractivity contribution >= 4 is 39.4 Å². The smallest absolute Gasteiger partial charge is 0.328 e. The predicted octanol–water partition coefficient (Wildman–Crippen LogP) is 2.48. The Morgan fingerprint density at radius 2 is 2.00 bits per heavy atom. The number of nitrogens with zero attached hydrogens (tertiary/aromatic N) is 1. The van der Waals surface area contributed by atoms with Crippen LogP contribution >= 0.6 is 11.3 Å². The van der Waals surface area contributed by atoms with E-state index in [1.165, 1.54) is 18.4 Å². The minimum atomic E-state index is -0.756. The highest BCUT2D eigenvalue weighted by atomic mass is 32.1. The van der Waals surface area contributed by atoms with Crippen molar-refractivity contribution in [3.63, 3.8) is 0 Å². The van der Waals surface area contributed by atoms with Gasteiger partial charge >= 0.3 is 11.9 Å². The second-order valence-corrected chi connectivity index (χ2v) is 7.31. The molecule has 1 heterocycles. The van der Waals surface area contributed by atoms with Crippen LogP contribution in [-0.4, -0.2) is 42.6 Å². The summed E-state index contributed by atoms with van der Waals surface area (Å²) >= 11 is 1.53. The van der Waals surface area contributed by atoms with Crippen molar-refractivity contribution in [1.29, 1.82) is 0 Å². The number of carbonyl (C=O) groups excluding carboxylic acids is 3. The Bertz CT molecular complexity index is 771. The molecule has 0 saturated carbocycles. The normalized spacial score (nSPS) is 13.0. The summed E-state index contributed by atoms with van der Waals surface area (Å²) in [7, 11) is 1.27.